The van der Waals surface area contributed by atoms with Crippen molar-refractivity contribution >= 4 is 0 Å². The van der Waals surface area contributed by atoms with Gasteiger partial charge in [-0.15, -0.1) is 0 Å². The number of hydrogen-bond donors (Lipinski definition) is 3. The third-order valence-electron chi connectivity index (χ3n) is 3.01. The van der Waals surface area contributed by atoms with E-state index in [0.717, 1.165) is 16.7 Å². The molecule has 90 valence electrons. The summed E-state index contributed by atoms with van der Waals surface area (Å²) in [6.07, 6.45) is 0. The van der Waals surface area contributed by atoms with Gasteiger partial charge in [-0.2, -0.15) is 0 Å². The van der Waals surface area contributed by atoms with Crippen LogP contribution < -0.4 is 5.32 Å². The molecule has 3 heteroatoms. The van der Waals surface area contributed by atoms with E-state index < -0.39 is 0 Å². The molecular weight excluding hydrogens is 202 g/mol. The molecule has 0 aliphatic carbocycles. The van der Waals surface area contributed by atoms with Crippen molar-refractivity contribution in [2.75, 3.05) is 6.61 Å². The second kappa shape index (κ2) is 5.32. The van der Waals surface area contributed by atoms with E-state index in [2.05, 4.69) is 5.32 Å². The summed E-state index contributed by atoms with van der Waals surface area (Å²) < 4.78 is 0. The fourth-order valence-corrected chi connectivity index (χ4v) is 1.74. The van der Waals surface area contributed by atoms with Gasteiger partial charge < -0.3 is 15.5 Å². The van der Waals surface area contributed by atoms with Crippen molar-refractivity contribution in [3.8, 4) is 5.75 Å². The fourth-order valence-electron chi connectivity index (χ4n) is 1.74. The summed E-state index contributed by atoms with van der Waals surface area (Å²) >= 11 is 0. The molecular formula is C13H21NO2. The molecule has 1 rings (SSSR count). The molecule has 0 aromatic heterocycles. The highest BCUT2D eigenvalue weighted by Gasteiger charge is 2.14. The average molecular weight is 223 g/mol. The Morgan fingerprint density at radius 2 is 1.88 bits per heavy atom. The lowest BCUT2D eigenvalue weighted by molar-refractivity contribution is 0.242. The second-order valence-corrected chi connectivity index (χ2v) is 4.42. The minimum atomic E-state index is 0.0241. The van der Waals surface area contributed by atoms with Crippen LogP contribution >= 0.6 is 0 Å². The number of rotatable bonds is 4. The number of aliphatic hydroxyl groups excluding tert-OH is 1. The predicted molar refractivity (Wildman–Crippen MR) is 65.7 cm³/mol. The average Bonchev–Trinajstić information content (AvgIpc) is 2.25. The Kier molecular flexibility index (Phi) is 4.33. The molecule has 0 bridgehead atoms. The van der Waals surface area contributed by atoms with Crippen molar-refractivity contribution in [1.29, 1.82) is 0 Å². The van der Waals surface area contributed by atoms with Gasteiger partial charge in [-0.1, -0.05) is 12.1 Å². The second-order valence-electron chi connectivity index (χ2n) is 4.42. The van der Waals surface area contributed by atoms with Gasteiger partial charge in [0.15, 0.2) is 0 Å². The van der Waals surface area contributed by atoms with Crippen molar-refractivity contribution < 1.29 is 10.2 Å². The first kappa shape index (κ1) is 13.0. The Morgan fingerprint density at radius 3 is 2.44 bits per heavy atom. The summed E-state index contributed by atoms with van der Waals surface area (Å²) in [5, 5.41) is 22.2. The largest absolute Gasteiger partial charge is 0.507 e. The van der Waals surface area contributed by atoms with Gasteiger partial charge in [0, 0.05) is 17.6 Å². The number of hydrogen-bond acceptors (Lipinski definition) is 3. The van der Waals surface area contributed by atoms with Crippen LogP contribution in [0.4, 0.5) is 0 Å². The molecule has 0 radical (unpaired) electrons. The molecule has 0 spiro atoms. The molecule has 0 amide bonds. The fraction of sp³-hybridized carbons (Fsp3) is 0.538. The van der Waals surface area contributed by atoms with Crippen molar-refractivity contribution in [2.24, 2.45) is 0 Å². The zero-order valence-electron chi connectivity index (χ0n) is 10.4. The van der Waals surface area contributed by atoms with E-state index in [1.165, 1.54) is 0 Å². The van der Waals surface area contributed by atoms with Crippen LogP contribution in [0.2, 0.25) is 0 Å². The van der Waals surface area contributed by atoms with Crippen molar-refractivity contribution in [2.45, 2.75) is 39.8 Å². The lowest BCUT2D eigenvalue weighted by Crippen LogP contribution is -2.31. The van der Waals surface area contributed by atoms with Crippen LogP contribution in [-0.2, 0) is 0 Å². The van der Waals surface area contributed by atoms with Gasteiger partial charge in [0.1, 0.15) is 5.75 Å². The van der Waals surface area contributed by atoms with E-state index >= 15 is 0 Å². The van der Waals surface area contributed by atoms with Gasteiger partial charge in [-0.25, -0.2) is 0 Å². The van der Waals surface area contributed by atoms with Crippen molar-refractivity contribution in [3.63, 3.8) is 0 Å². The van der Waals surface area contributed by atoms with Gasteiger partial charge >= 0.3 is 0 Å². The molecule has 0 saturated heterocycles. The van der Waals surface area contributed by atoms with E-state index in [0.29, 0.717) is 5.75 Å². The van der Waals surface area contributed by atoms with Crippen LogP contribution in [0.25, 0.3) is 0 Å². The Labute approximate surface area is 97.1 Å². The molecule has 16 heavy (non-hydrogen) atoms. The Morgan fingerprint density at radius 1 is 1.25 bits per heavy atom. The summed E-state index contributed by atoms with van der Waals surface area (Å²) in [6, 6.07) is 3.99. The lowest BCUT2D eigenvalue weighted by Gasteiger charge is -2.20. The molecule has 1 unspecified atom stereocenters. The van der Waals surface area contributed by atoms with E-state index in [9.17, 15) is 5.11 Å². The van der Waals surface area contributed by atoms with Gasteiger partial charge in [-0.05, 0) is 38.8 Å². The first-order chi connectivity index (χ1) is 7.47. The predicted octanol–water partition coefficient (Wildman–Crippen LogP) is 2.04. The summed E-state index contributed by atoms with van der Waals surface area (Å²) in [4.78, 5) is 0. The molecule has 1 aromatic carbocycles. The molecule has 3 nitrogen and oxygen atoms in total. The monoisotopic (exact) mass is 223 g/mol. The van der Waals surface area contributed by atoms with Crippen LogP contribution in [0.1, 0.15) is 36.6 Å². The Hall–Kier alpha value is -1.06. The summed E-state index contributed by atoms with van der Waals surface area (Å²) in [5.41, 5.74) is 2.88. The standard InChI is InChI=1S/C13H21NO2/c1-8-5-6-12(13(16)10(8)3)11(4)14-9(2)7-15/h5-6,9,11,14-16H,7H2,1-4H3/t9-,11?/m1/s1. The lowest BCUT2D eigenvalue weighted by atomic mass is 9.99. The van der Waals surface area contributed by atoms with E-state index in [1.807, 2.05) is 39.8 Å². The molecule has 0 aliphatic rings. The molecule has 3 N–H and O–H groups in total. The minimum Gasteiger partial charge on any atom is -0.507 e. The Bertz CT molecular complexity index is 363. The Balaban J connectivity index is 2.92. The van der Waals surface area contributed by atoms with Crippen LogP contribution in [0.5, 0.6) is 5.75 Å². The summed E-state index contributed by atoms with van der Waals surface area (Å²) in [5.74, 6) is 0.352. The SMILES string of the molecule is Cc1ccc(C(C)N[C@H](C)CO)c(O)c1C. The summed E-state index contributed by atoms with van der Waals surface area (Å²) in [7, 11) is 0. The quantitative estimate of drug-likeness (QED) is 0.732. The molecule has 0 heterocycles. The molecule has 2 atom stereocenters. The highest BCUT2D eigenvalue weighted by atomic mass is 16.3. The van der Waals surface area contributed by atoms with E-state index in [-0.39, 0.29) is 18.7 Å². The normalized spacial score (nSPS) is 14.8. The smallest absolute Gasteiger partial charge is 0.123 e. The van der Waals surface area contributed by atoms with Gasteiger partial charge in [0.05, 0.1) is 6.61 Å². The van der Waals surface area contributed by atoms with Gasteiger partial charge in [0.2, 0.25) is 0 Å². The number of phenols is 1. The zero-order valence-corrected chi connectivity index (χ0v) is 10.4. The zero-order chi connectivity index (χ0) is 12.3. The third kappa shape index (κ3) is 2.74. The van der Waals surface area contributed by atoms with Crippen LogP contribution in [0, 0.1) is 13.8 Å². The van der Waals surface area contributed by atoms with E-state index in [1.54, 1.807) is 0 Å². The van der Waals surface area contributed by atoms with Gasteiger partial charge in [0.25, 0.3) is 0 Å². The molecule has 0 aliphatic heterocycles. The molecule has 0 fully saturated rings. The summed E-state index contributed by atoms with van der Waals surface area (Å²) in [6.45, 7) is 7.88. The number of aliphatic hydroxyl groups is 1. The number of nitrogens with one attached hydrogen (secondary N) is 1. The number of benzene rings is 1. The van der Waals surface area contributed by atoms with E-state index in [4.69, 9.17) is 5.11 Å². The van der Waals surface area contributed by atoms with Crippen LogP contribution in [0.3, 0.4) is 0 Å². The topological polar surface area (TPSA) is 52.5 Å². The molecule has 0 saturated carbocycles. The maximum absolute atomic E-state index is 10.0. The maximum Gasteiger partial charge on any atom is 0.123 e. The molecule has 1 aromatic rings. The highest BCUT2D eigenvalue weighted by Crippen LogP contribution is 2.29. The number of aromatic hydroxyl groups is 1. The number of aryl methyl sites for hydroxylation is 1. The van der Waals surface area contributed by atoms with Crippen molar-refractivity contribution in [3.05, 3.63) is 28.8 Å². The first-order valence-corrected chi connectivity index (χ1v) is 5.63. The number of phenolic OH excluding ortho intramolecular Hbond substituents is 1. The van der Waals surface area contributed by atoms with Gasteiger partial charge in [-0.3, -0.25) is 0 Å². The first-order valence-electron chi connectivity index (χ1n) is 5.63. The third-order valence-corrected chi connectivity index (χ3v) is 3.01. The van der Waals surface area contributed by atoms with Crippen molar-refractivity contribution in [1.82, 2.24) is 5.32 Å². The highest BCUT2D eigenvalue weighted by molar-refractivity contribution is 5.45. The maximum atomic E-state index is 10.0. The van der Waals surface area contributed by atoms with Crippen LogP contribution in [0.15, 0.2) is 12.1 Å². The minimum absolute atomic E-state index is 0.0241. The van der Waals surface area contributed by atoms with Crippen LogP contribution in [-0.4, -0.2) is 22.9 Å².